The van der Waals surface area contributed by atoms with Crippen molar-refractivity contribution in [3.05, 3.63) is 71.8 Å². The first-order valence-electron chi connectivity index (χ1n) is 7.79. The maximum atomic E-state index is 10.7. The Balaban J connectivity index is 1.88. The molecule has 122 valence electrons. The summed E-state index contributed by atoms with van der Waals surface area (Å²) in [6.07, 6.45) is -3.05. The predicted molar refractivity (Wildman–Crippen MR) is 86.6 cm³/mol. The summed E-state index contributed by atoms with van der Waals surface area (Å²) in [6.45, 7) is 3.57. The van der Waals surface area contributed by atoms with Gasteiger partial charge < -0.3 is 19.7 Å². The van der Waals surface area contributed by atoms with Crippen LogP contribution < -0.4 is 0 Å². The second kappa shape index (κ2) is 6.42. The van der Waals surface area contributed by atoms with Crippen molar-refractivity contribution in [3.63, 3.8) is 0 Å². The third kappa shape index (κ3) is 3.46. The summed E-state index contributed by atoms with van der Waals surface area (Å²) in [5, 5.41) is 21.4. The third-order valence-corrected chi connectivity index (χ3v) is 4.07. The molecule has 2 aromatic carbocycles. The Morgan fingerprint density at radius 2 is 1.09 bits per heavy atom. The summed E-state index contributed by atoms with van der Waals surface area (Å²) in [5.74, 6) is -0.860. The number of aliphatic hydroxyl groups is 2. The Morgan fingerprint density at radius 3 is 1.43 bits per heavy atom. The fraction of sp³-hybridized carbons (Fsp3) is 0.368. The lowest BCUT2D eigenvalue weighted by Gasteiger charge is -2.26. The van der Waals surface area contributed by atoms with E-state index in [9.17, 15) is 10.2 Å². The van der Waals surface area contributed by atoms with Crippen molar-refractivity contribution in [3.8, 4) is 0 Å². The van der Waals surface area contributed by atoms with Crippen LogP contribution >= 0.6 is 0 Å². The van der Waals surface area contributed by atoms with E-state index in [2.05, 4.69) is 0 Å². The summed E-state index contributed by atoms with van der Waals surface area (Å²) in [7, 11) is 0. The SMILES string of the molecule is CC1(C)O[C@@H]([C@H](O)c2ccccc2)[C@H]([C@@H](O)c2ccccc2)O1. The minimum atomic E-state index is -0.874. The van der Waals surface area contributed by atoms with Gasteiger partial charge >= 0.3 is 0 Å². The first-order valence-corrected chi connectivity index (χ1v) is 7.79. The maximum absolute atomic E-state index is 10.7. The molecule has 2 aromatic rings. The number of rotatable bonds is 4. The molecule has 4 heteroatoms. The van der Waals surface area contributed by atoms with E-state index in [-0.39, 0.29) is 0 Å². The molecule has 2 N–H and O–H groups in total. The highest BCUT2D eigenvalue weighted by atomic mass is 16.8. The molecule has 4 nitrogen and oxygen atoms in total. The highest BCUT2D eigenvalue weighted by molar-refractivity contribution is 5.22. The minimum Gasteiger partial charge on any atom is -0.386 e. The van der Waals surface area contributed by atoms with Crippen LogP contribution in [0, 0.1) is 0 Å². The van der Waals surface area contributed by atoms with Crippen molar-refractivity contribution in [2.24, 2.45) is 0 Å². The van der Waals surface area contributed by atoms with Crippen LogP contribution in [-0.2, 0) is 9.47 Å². The van der Waals surface area contributed by atoms with E-state index < -0.39 is 30.2 Å². The zero-order chi connectivity index (χ0) is 16.4. The van der Waals surface area contributed by atoms with E-state index in [1.54, 1.807) is 13.8 Å². The quantitative estimate of drug-likeness (QED) is 0.911. The smallest absolute Gasteiger partial charge is 0.164 e. The summed E-state index contributed by atoms with van der Waals surface area (Å²) in [6, 6.07) is 18.6. The van der Waals surface area contributed by atoms with Gasteiger partial charge in [0.15, 0.2) is 5.79 Å². The molecule has 1 aliphatic rings. The number of hydrogen-bond donors (Lipinski definition) is 2. The van der Waals surface area contributed by atoms with Gasteiger partial charge in [0.1, 0.15) is 24.4 Å². The van der Waals surface area contributed by atoms with Crippen LogP contribution in [-0.4, -0.2) is 28.2 Å². The zero-order valence-corrected chi connectivity index (χ0v) is 13.3. The molecule has 1 saturated heterocycles. The van der Waals surface area contributed by atoms with Gasteiger partial charge in [-0.2, -0.15) is 0 Å². The fourth-order valence-electron chi connectivity index (χ4n) is 2.99. The molecule has 23 heavy (non-hydrogen) atoms. The predicted octanol–water partition coefficient (Wildman–Crippen LogP) is 2.97. The molecule has 0 aromatic heterocycles. The first kappa shape index (κ1) is 16.1. The lowest BCUT2D eigenvalue weighted by atomic mass is 9.94. The molecule has 4 atom stereocenters. The van der Waals surface area contributed by atoms with Crippen LogP contribution in [0.2, 0.25) is 0 Å². The van der Waals surface area contributed by atoms with E-state index in [1.165, 1.54) is 0 Å². The highest BCUT2D eigenvalue weighted by Gasteiger charge is 2.48. The van der Waals surface area contributed by atoms with Gasteiger partial charge in [-0.25, -0.2) is 0 Å². The minimum absolute atomic E-state index is 0.650. The van der Waals surface area contributed by atoms with Gasteiger partial charge in [0.2, 0.25) is 0 Å². The molecule has 0 spiro atoms. The van der Waals surface area contributed by atoms with Gasteiger partial charge in [0, 0.05) is 0 Å². The fourth-order valence-corrected chi connectivity index (χ4v) is 2.99. The summed E-state index contributed by atoms with van der Waals surface area (Å²) in [4.78, 5) is 0. The van der Waals surface area contributed by atoms with Crippen molar-refractivity contribution in [2.45, 2.75) is 44.1 Å². The van der Waals surface area contributed by atoms with Gasteiger partial charge in [-0.05, 0) is 25.0 Å². The standard InChI is InChI=1S/C19H22O4/c1-19(2)22-17(15(20)13-9-5-3-6-10-13)18(23-19)16(21)14-11-7-4-8-12-14/h3-12,15-18,20-21H,1-2H3/t15-,16+,17-,18-/m0/s1. The zero-order valence-electron chi connectivity index (χ0n) is 13.3. The Morgan fingerprint density at radius 1 is 0.739 bits per heavy atom. The normalized spacial score (nSPS) is 25.9. The lowest BCUT2D eigenvalue weighted by Crippen LogP contribution is -2.34. The lowest BCUT2D eigenvalue weighted by molar-refractivity contribution is -0.161. The monoisotopic (exact) mass is 314 g/mol. The second-order valence-electron chi connectivity index (χ2n) is 6.28. The van der Waals surface area contributed by atoms with Crippen LogP contribution in [0.1, 0.15) is 37.2 Å². The van der Waals surface area contributed by atoms with Crippen LogP contribution in [0.5, 0.6) is 0 Å². The Hall–Kier alpha value is -1.72. The molecular weight excluding hydrogens is 292 g/mol. The van der Waals surface area contributed by atoms with Crippen molar-refractivity contribution >= 4 is 0 Å². The van der Waals surface area contributed by atoms with Crippen molar-refractivity contribution < 1.29 is 19.7 Å². The van der Waals surface area contributed by atoms with Gasteiger partial charge in [-0.1, -0.05) is 60.7 Å². The van der Waals surface area contributed by atoms with E-state index in [4.69, 9.17) is 9.47 Å². The average molecular weight is 314 g/mol. The molecular formula is C19H22O4. The van der Waals surface area contributed by atoms with Gasteiger partial charge in [0.25, 0.3) is 0 Å². The summed E-state index contributed by atoms with van der Waals surface area (Å²) >= 11 is 0. The Bertz CT molecular complexity index is 571. The van der Waals surface area contributed by atoms with E-state index in [0.717, 1.165) is 11.1 Å². The molecule has 0 unspecified atom stereocenters. The number of hydrogen-bond acceptors (Lipinski definition) is 4. The van der Waals surface area contributed by atoms with Crippen LogP contribution in [0.25, 0.3) is 0 Å². The number of aliphatic hydroxyl groups excluding tert-OH is 2. The second-order valence-corrected chi connectivity index (χ2v) is 6.28. The van der Waals surface area contributed by atoms with Crippen LogP contribution in [0.4, 0.5) is 0 Å². The van der Waals surface area contributed by atoms with Gasteiger partial charge in [0.05, 0.1) is 0 Å². The molecule has 1 heterocycles. The summed E-state index contributed by atoms with van der Waals surface area (Å²) < 4.78 is 11.8. The first-order chi connectivity index (χ1) is 11.0. The Kier molecular flexibility index (Phi) is 4.50. The topological polar surface area (TPSA) is 58.9 Å². The molecule has 3 rings (SSSR count). The molecule has 0 saturated carbocycles. The highest BCUT2D eigenvalue weighted by Crippen LogP contribution is 2.40. The molecule has 0 radical (unpaired) electrons. The van der Waals surface area contributed by atoms with Crippen molar-refractivity contribution in [1.82, 2.24) is 0 Å². The van der Waals surface area contributed by atoms with E-state index in [1.807, 2.05) is 60.7 Å². The summed E-state index contributed by atoms with van der Waals surface area (Å²) in [5.41, 5.74) is 1.48. The Labute approximate surface area is 136 Å². The molecule has 0 amide bonds. The third-order valence-electron chi connectivity index (χ3n) is 4.07. The number of benzene rings is 2. The largest absolute Gasteiger partial charge is 0.386 e. The number of ether oxygens (including phenoxy) is 2. The van der Waals surface area contributed by atoms with Crippen LogP contribution in [0.15, 0.2) is 60.7 Å². The molecule has 1 fully saturated rings. The molecule has 0 aliphatic carbocycles. The van der Waals surface area contributed by atoms with Crippen LogP contribution in [0.3, 0.4) is 0 Å². The van der Waals surface area contributed by atoms with Gasteiger partial charge in [-0.15, -0.1) is 0 Å². The molecule has 0 bridgehead atoms. The van der Waals surface area contributed by atoms with Crippen molar-refractivity contribution in [2.75, 3.05) is 0 Å². The average Bonchev–Trinajstić information content (AvgIpc) is 2.91. The van der Waals surface area contributed by atoms with E-state index >= 15 is 0 Å². The maximum Gasteiger partial charge on any atom is 0.164 e. The molecule has 1 aliphatic heterocycles. The van der Waals surface area contributed by atoms with Gasteiger partial charge in [-0.3, -0.25) is 0 Å². The van der Waals surface area contributed by atoms with E-state index in [0.29, 0.717) is 0 Å². The van der Waals surface area contributed by atoms with Crippen molar-refractivity contribution in [1.29, 1.82) is 0 Å².